The highest BCUT2D eigenvalue weighted by Gasteiger charge is 2.48. The van der Waals surface area contributed by atoms with E-state index in [2.05, 4.69) is 14.9 Å². The van der Waals surface area contributed by atoms with Crippen molar-refractivity contribution in [1.82, 2.24) is 19.8 Å². The molecule has 2 aliphatic heterocycles. The molecule has 1 amide bonds. The van der Waals surface area contributed by atoms with Crippen molar-refractivity contribution >= 4 is 15.7 Å². The molecule has 0 bridgehead atoms. The fraction of sp³-hybridized carbons (Fsp3) is 0.421. The molecule has 2 aliphatic rings. The maximum atomic E-state index is 13.0. The Morgan fingerprint density at radius 1 is 1.19 bits per heavy atom. The van der Waals surface area contributed by atoms with E-state index in [4.69, 9.17) is 0 Å². The van der Waals surface area contributed by atoms with E-state index in [9.17, 15) is 13.2 Å². The highest BCUT2D eigenvalue weighted by molar-refractivity contribution is 7.91. The molecule has 8 heteroatoms. The van der Waals surface area contributed by atoms with Gasteiger partial charge in [-0.25, -0.2) is 8.42 Å². The minimum atomic E-state index is -3.18. The lowest BCUT2D eigenvalue weighted by molar-refractivity contribution is 0.0302. The van der Waals surface area contributed by atoms with Crippen LogP contribution in [-0.2, 0) is 16.4 Å². The molecule has 7 nitrogen and oxygen atoms in total. The molecule has 0 unspecified atom stereocenters. The first-order valence-electron chi connectivity index (χ1n) is 9.00. The lowest BCUT2D eigenvalue weighted by atomic mass is 10.0. The first-order chi connectivity index (χ1) is 12.9. The van der Waals surface area contributed by atoms with Crippen molar-refractivity contribution in [1.29, 1.82) is 0 Å². The SMILES string of the molecule is Cc1cncc(C(=O)N2CCN(Cc3ccccn3)[C@@H]3CS(=O)(=O)C[C@@H]32)c1. The van der Waals surface area contributed by atoms with Crippen LogP contribution in [-0.4, -0.2) is 70.8 Å². The first-order valence-corrected chi connectivity index (χ1v) is 10.8. The Morgan fingerprint density at radius 3 is 2.74 bits per heavy atom. The smallest absolute Gasteiger partial charge is 0.255 e. The van der Waals surface area contributed by atoms with Gasteiger partial charge in [-0.3, -0.25) is 19.7 Å². The zero-order valence-electron chi connectivity index (χ0n) is 15.2. The van der Waals surface area contributed by atoms with E-state index in [1.54, 1.807) is 29.6 Å². The van der Waals surface area contributed by atoms with Crippen LogP contribution in [0.3, 0.4) is 0 Å². The Kier molecular flexibility index (Phi) is 4.69. The molecule has 2 saturated heterocycles. The number of hydrogen-bond donors (Lipinski definition) is 0. The highest BCUT2D eigenvalue weighted by Crippen LogP contribution is 2.29. The van der Waals surface area contributed by atoms with Crippen LogP contribution in [0.15, 0.2) is 42.9 Å². The maximum Gasteiger partial charge on any atom is 0.255 e. The summed E-state index contributed by atoms with van der Waals surface area (Å²) in [7, 11) is -3.18. The zero-order valence-corrected chi connectivity index (χ0v) is 16.0. The predicted octanol–water partition coefficient (Wildman–Crippen LogP) is 0.909. The third kappa shape index (κ3) is 3.72. The Hall–Kier alpha value is -2.32. The van der Waals surface area contributed by atoms with Gasteiger partial charge in [0.05, 0.1) is 28.8 Å². The van der Waals surface area contributed by atoms with Gasteiger partial charge in [0.1, 0.15) is 0 Å². The van der Waals surface area contributed by atoms with Crippen molar-refractivity contribution in [3.05, 3.63) is 59.7 Å². The predicted molar refractivity (Wildman–Crippen MR) is 101 cm³/mol. The number of aromatic nitrogens is 2. The molecule has 2 fully saturated rings. The van der Waals surface area contributed by atoms with Gasteiger partial charge in [-0.2, -0.15) is 0 Å². The van der Waals surface area contributed by atoms with E-state index in [0.717, 1.165) is 11.3 Å². The van der Waals surface area contributed by atoms with Gasteiger partial charge in [-0.05, 0) is 30.7 Å². The highest BCUT2D eigenvalue weighted by atomic mass is 32.2. The van der Waals surface area contributed by atoms with Gasteiger partial charge in [0, 0.05) is 44.3 Å². The second kappa shape index (κ2) is 7.01. The summed E-state index contributed by atoms with van der Waals surface area (Å²) >= 11 is 0. The number of carbonyl (C=O) groups is 1. The second-order valence-electron chi connectivity index (χ2n) is 7.25. The van der Waals surface area contributed by atoms with Crippen LogP contribution >= 0.6 is 0 Å². The normalized spacial score (nSPS) is 24.6. The van der Waals surface area contributed by atoms with Gasteiger partial charge in [0.2, 0.25) is 0 Å². The average molecular weight is 386 g/mol. The lowest BCUT2D eigenvalue weighted by Gasteiger charge is -2.43. The van der Waals surface area contributed by atoms with E-state index >= 15 is 0 Å². The molecule has 27 heavy (non-hydrogen) atoms. The van der Waals surface area contributed by atoms with Crippen LogP contribution in [0, 0.1) is 6.92 Å². The Balaban J connectivity index is 1.59. The van der Waals surface area contributed by atoms with Crippen LogP contribution in [0.5, 0.6) is 0 Å². The Labute approximate surface area is 159 Å². The van der Waals surface area contributed by atoms with Gasteiger partial charge >= 0.3 is 0 Å². The minimum Gasteiger partial charge on any atom is -0.332 e. The van der Waals surface area contributed by atoms with E-state index in [-0.39, 0.29) is 29.5 Å². The molecule has 0 N–H and O–H groups in total. The Bertz CT molecular complexity index is 948. The molecule has 2 aromatic rings. The molecule has 4 heterocycles. The lowest BCUT2D eigenvalue weighted by Crippen LogP contribution is -2.60. The van der Waals surface area contributed by atoms with Crippen LogP contribution < -0.4 is 0 Å². The maximum absolute atomic E-state index is 13.0. The third-order valence-corrected chi connectivity index (χ3v) is 6.96. The van der Waals surface area contributed by atoms with Gasteiger partial charge in [-0.1, -0.05) is 6.07 Å². The molecule has 2 aromatic heterocycles. The van der Waals surface area contributed by atoms with Gasteiger partial charge < -0.3 is 4.90 Å². The van der Waals surface area contributed by atoms with E-state index in [1.165, 1.54) is 0 Å². The molecule has 0 spiro atoms. The summed E-state index contributed by atoms with van der Waals surface area (Å²) in [5, 5.41) is 0. The number of fused-ring (bicyclic) bond motifs is 1. The molecule has 0 radical (unpaired) electrons. The van der Waals surface area contributed by atoms with E-state index < -0.39 is 9.84 Å². The van der Waals surface area contributed by atoms with Crippen molar-refractivity contribution in [2.75, 3.05) is 24.6 Å². The summed E-state index contributed by atoms with van der Waals surface area (Å²) in [5.41, 5.74) is 2.32. The Morgan fingerprint density at radius 2 is 2.00 bits per heavy atom. The number of carbonyl (C=O) groups excluding carboxylic acids is 1. The fourth-order valence-corrected chi connectivity index (χ4v) is 6.02. The third-order valence-electron chi connectivity index (χ3n) is 5.27. The molecule has 142 valence electrons. The number of aryl methyl sites for hydroxylation is 1. The largest absolute Gasteiger partial charge is 0.332 e. The molecular formula is C19H22N4O3S. The van der Waals surface area contributed by atoms with Crippen molar-refractivity contribution in [2.24, 2.45) is 0 Å². The van der Waals surface area contributed by atoms with Crippen molar-refractivity contribution in [2.45, 2.75) is 25.6 Å². The number of amides is 1. The fourth-order valence-electron chi connectivity index (χ4n) is 4.01. The van der Waals surface area contributed by atoms with Gasteiger partial charge in [0.15, 0.2) is 9.84 Å². The molecule has 2 atom stereocenters. The van der Waals surface area contributed by atoms with E-state index in [0.29, 0.717) is 25.2 Å². The number of nitrogens with zero attached hydrogens (tertiary/aromatic N) is 4. The summed E-state index contributed by atoms with van der Waals surface area (Å²) in [6, 6.07) is 6.99. The topological polar surface area (TPSA) is 83.5 Å². The molecule has 0 aromatic carbocycles. The number of rotatable bonds is 3. The minimum absolute atomic E-state index is 0.0152. The molecule has 0 aliphatic carbocycles. The standard InChI is InChI=1S/C19H22N4O3S/c1-14-8-15(10-20-9-14)19(24)23-7-6-22(11-16-4-2-3-5-21-16)17-12-27(25,26)13-18(17)23/h2-5,8-10,17-18H,6-7,11-13H2,1H3/t17-,18+/m1/s1. The second-order valence-corrected chi connectivity index (χ2v) is 9.41. The first kappa shape index (κ1) is 18.1. The van der Waals surface area contributed by atoms with Crippen molar-refractivity contribution in [3.8, 4) is 0 Å². The number of hydrogen-bond acceptors (Lipinski definition) is 6. The van der Waals surface area contributed by atoms with Crippen LogP contribution in [0.2, 0.25) is 0 Å². The monoisotopic (exact) mass is 386 g/mol. The summed E-state index contributed by atoms with van der Waals surface area (Å²) in [5.74, 6) is -0.0439. The summed E-state index contributed by atoms with van der Waals surface area (Å²) in [6.07, 6.45) is 4.99. The zero-order chi connectivity index (χ0) is 19.0. The van der Waals surface area contributed by atoms with Gasteiger partial charge in [-0.15, -0.1) is 0 Å². The van der Waals surface area contributed by atoms with Crippen molar-refractivity contribution in [3.63, 3.8) is 0 Å². The average Bonchev–Trinajstić information content (AvgIpc) is 2.98. The molecular weight excluding hydrogens is 364 g/mol. The number of pyridine rings is 2. The summed E-state index contributed by atoms with van der Waals surface area (Å²) < 4.78 is 24.7. The van der Waals surface area contributed by atoms with E-state index in [1.807, 2.05) is 25.1 Å². The number of sulfone groups is 1. The van der Waals surface area contributed by atoms with Crippen LogP contribution in [0.25, 0.3) is 0 Å². The van der Waals surface area contributed by atoms with Crippen molar-refractivity contribution < 1.29 is 13.2 Å². The molecule has 4 rings (SSSR count). The van der Waals surface area contributed by atoms with Crippen LogP contribution in [0.4, 0.5) is 0 Å². The van der Waals surface area contributed by atoms with Gasteiger partial charge in [0.25, 0.3) is 5.91 Å². The summed E-state index contributed by atoms with van der Waals surface area (Å²) in [6.45, 7) is 3.59. The van der Waals surface area contributed by atoms with Crippen LogP contribution in [0.1, 0.15) is 21.6 Å². The molecule has 0 saturated carbocycles. The number of piperazine rings is 1. The quantitative estimate of drug-likeness (QED) is 0.780. The summed E-state index contributed by atoms with van der Waals surface area (Å²) in [4.78, 5) is 25.4.